The summed E-state index contributed by atoms with van der Waals surface area (Å²) in [5.41, 5.74) is 6.80. The van der Waals surface area contributed by atoms with Crippen LogP contribution in [0.15, 0.2) is 24.3 Å². The van der Waals surface area contributed by atoms with Crippen LogP contribution in [0.1, 0.15) is 31.8 Å². The van der Waals surface area contributed by atoms with Gasteiger partial charge in [-0.2, -0.15) is 0 Å². The maximum absolute atomic E-state index is 12.3. The molecule has 0 saturated heterocycles. The zero-order chi connectivity index (χ0) is 14.9. The molecule has 2 aromatic rings. The summed E-state index contributed by atoms with van der Waals surface area (Å²) >= 11 is 1.63. The summed E-state index contributed by atoms with van der Waals surface area (Å²) in [6, 6.07) is 7.84. The number of fused-ring (bicyclic) bond motifs is 1. The number of nitrogens with two attached hydrogens (primary N) is 1. The highest BCUT2D eigenvalue weighted by Crippen LogP contribution is 2.29. The van der Waals surface area contributed by atoms with Crippen molar-refractivity contribution in [2.75, 3.05) is 7.05 Å². The fraction of sp³-hybridized carbons (Fsp3) is 0.467. The Morgan fingerprint density at radius 3 is 2.55 bits per heavy atom. The van der Waals surface area contributed by atoms with E-state index in [2.05, 4.69) is 11.1 Å². The van der Waals surface area contributed by atoms with Gasteiger partial charge in [0.25, 0.3) is 0 Å². The predicted molar refractivity (Wildman–Crippen MR) is 83.6 cm³/mol. The third-order valence-electron chi connectivity index (χ3n) is 3.77. The number of nitrogens with zero attached hydrogens (tertiary/aromatic N) is 2. The Morgan fingerprint density at radius 2 is 1.95 bits per heavy atom. The van der Waals surface area contributed by atoms with Crippen LogP contribution in [0.3, 0.4) is 0 Å². The number of aromatic nitrogens is 1. The molecular weight excluding hydrogens is 270 g/mol. The Morgan fingerprint density at radius 1 is 1.30 bits per heavy atom. The molecule has 108 valence electrons. The molecule has 0 bridgehead atoms. The molecule has 0 aliphatic carbocycles. The fourth-order valence-corrected chi connectivity index (χ4v) is 3.03. The van der Waals surface area contributed by atoms with Gasteiger partial charge in [0.15, 0.2) is 0 Å². The molecule has 3 unspecified atom stereocenters. The fourth-order valence-electron chi connectivity index (χ4n) is 1.97. The predicted octanol–water partition coefficient (Wildman–Crippen LogP) is 2.80. The molecule has 0 saturated carbocycles. The molecular formula is C15H21N3OS. The van der Waals surface area contributed by atoms with E-state index in [1.807, 2.05) is 46.0 Å². The molecule has 1 amide bonds. The Bertz CT molecular complexity index is 575. The van der Waals surface area contributed by atoms with E-state index in [0.717, 1.165) is 15.2 Å². The van der Waals surface area contributed by atoms with Crippen molar-refractivity contribution in [3.05, 3.63) is 29.3 Å². The first-order valence-corrected chi connectivity index (χ1v) is 7.61. The lowest BCUT2D eigenvalue weighted by atomic mass is 10.0. The van der Waals surface area contributed by atoms with Gasteiger partial charge in [-0.1, -0.05) is 19.1 Å². The first-order chi connectivity index (χ1) is 9.41. The highest BCUT2D eigenvalue weighted by atomic mass is 32.1. The lowest BCUT2D eigenvalue weighted by Crippen LogP contribution is -2.40. The van der Waals surface area contributed by atoms with Crippen LogP contribution >= 0.6 is 11.3 Å². The lowest BCUT2D eigenvalue weighted by Gasteiger charge is -2.27. The SMILES string of the molecule is CC(N)C(C)C(=O)N(C)C(C)c1nc2ccccc2s1. The van der Waals surface area contributed by atoms with Crippen LogP contribution in [0.4, 0.5) is 0 Å². The summed E-state index contributed by atoms with van der Waals surface area (Å²) in [6.45, 7) is 5.73. The van der Waals surface area contributed by atoms with Crippen molar-refractivity contribution in [3.63, 3.8) is 0 Å². The topological polar surface area (TPSA) is 59.2 Å². The largest absolute Gasteiger partial charge is 0.336 e. The van der Waals surface area contributed by atoms with Crippen molar-refractivity contribution < 1.29 is 4.79 Å². The molecule has 1 aromatic heterocycles. The highest BCUT2D eigenvalue weighted by Gasteiger charge is 2.26. The first kappa shape index (κ1) is 14.9. The summed E-state index contributed by atoms with van der Waals surface area (Å²) in [6.07, 6.45) is 0. The van der Waals surface area contributed by atoms with E-state index in [0.29, 0.717) is 0 Å². The second kappa shape index (κ2) is 5.89. The second-order valence-corrected chi connectivity index (χ2v) is 6.35. The molecule has 0 aliphatic heterocycles. The van der Waals surface area contributed by atoms with E-state index in [-0.39, 0.29) is 23.9 Å². The van der Waals surface area contributed by atoms with Crippen LogP contribution in [0, 0.1) is 5.92 Å². The molecule has 1 aromatic carbocycles. The van der Waals surface area contributed by atoms with Crippen LogP contribution in [0.2, 0.25) is 0 Å². The van der Waals surface area contributed by atoms with Gasteiger partial charge in [0.05, 0.1) is 22.2 Å². The first-order valence-electron chi connectivity index (χ1n) is 6.79. The molecule has 0 radical (unpaired) electrons. The van der Waals surface area contributed by atoms with Crippen LogP contribution in [0.25, 0.3) is 10.2 Å². The lowest BCUT2D eigenvalue weighted by molar-refractivity contribution is -0.136. The molecule has 1 heterocycles. The van der Waals surface area contributed by atoms with Gasteiger partial charge in [-0.15, -0.1) is 11.3 Å². The minimum atomic E-state index is -0.183. The molecule has 3 atom stereocenters. The van der Waals surface area contributed by atoms with Crippen LogP contribution in [0.5, 0.6) is 0 Å². The average Bonchev–Trinajstić information content (AvgIpc) is 2.87. The monoisotopic (exact) mass is 291 g/mol. The van der Waals surface area contributed by atoms with E-state index in [1.165, 1.54) is 0 Å². The number of rotatable bonds is 4. The normalized spacial score (nSPS) is 15.8. The molecule has 20 heavy (non-hydrogen) atoms. The third kappa shape index (κ3) is 2.83. The van der Waals surface area contributed by atoms with Gasteiger partial charge in [-0.3, -0.25) is 4.79 Å². The summed E-state index contributed by atoms with van der Waals surface area (Å²) in [7, 11) is 1.82. The van der Waals surface area contributed by atoms with Crippen molar-refractivity contribution in [1.29, 1.82) is 0 Å². The number of thiazole rings is 1. The molecule has 0 aliphatic rings. The quantitative estimate of drug-likeness (QED) is 0.942. The summed E-state index contributed by atoms with van der Waals surface area (Å²) in [4.78, 5) is 18.7. The van der Waals surface area contributed by atoms with Crippen molar-refractivity contribution in [3.8, 4) is 0 Å². The molecule has 0 spiro atoms. The van der Waals surface area contributed by atoms with Crippen molar-refractivity contribution in [2.24, 2.45) is 11.7 Å². The Hall–Kier alpha value is -1.46. The summed E-state index contributed by atoms with van der Waals surface area (Å²) in [5.74, 6) is -0.122. The summed E-state index contributed by atoms with van der Waals surface area (Å²) in [5, 5.41) is 0.957. The van der Waals surface area contributed by atoms with E-state index >= 15 is 0 Å². The number of carbonyl (C=O) groups is 1. The number of para-hydroxylation sites is 1. The van der Waals surface area contributed by atoms with E-state index in [4.69, 9.17) is 5.73 Å². The van der Waals surface area contributed by atoms with Crippen molar-refractivity contribution in [2.45, 2.75) is 32.9 Å². The zero-order valence-electron chi connectivity index (χ0n) is 12.3. The van der Waals surface area contributed by atoms with Crippen LogP contribution in [-0.4, -0.2) is 28.9 Å². The van der Waals surface area contributed by atoms with Gasteiger partial charge >= 0.3 is 0 Å². The van der Waals surface area contributed by atoms with Crippen LogP contribution in [-0.2, 0) is 4.79 Å². The van der Waals surface area contributed by atoms with Gasteiger partial charge in [-0.05, 0) is 26.0 Å². The smallest absolute Gasteiger partial charge is 0.227 e. The molecule has 4 nitrogen and oxygen atoms in total. The standard InChI is InChI=1S/C15H21N3OS/c1-9(10(2)16)15(19)18(4)11(3)14-17-12-7-5-6-8-13(12)20-14/h5-11H,16H2,1-4H3. The minimum Gasteiger partial charge on any atom is -0.336 e. The van der Waals surface area contributed by atoms with E-state index in [1.54, 1.807) is 16.2 Å². The second-order valence-electron chi connectivity index (χ2n) is 5.29. The molecule has 5 heteroatoms. The number of hydrogen-bond acceptors (Lipinski definition) is 4. The number of hydrogen-bond donors (Lipinski definition) is 1. The molecule has 0 fully saturated rings. The van der Waals surface area contributed by atoms with Gasteiger partial charge < -0.3 is 10.6 Å². The maximum atomic E-state index is 12.3. The van der Waals surface area contributed by atoms with Crippen LogP contribution < -0.4 is 5.73 Å². The average molecular weight is 291 g/mol. The Balaban J connectivity index is 2.21. The van der Waals surface area contributed by atoms with E-state index < -0.39 is 0 Å². The number of benzene rings is 1. The van der Waals surface area contributed by atoms with Gasteiger partial charge in [0, 0.05) is 13.1 Å². The van der Waals surface area contributed by atoms with Crippen molar-refractivity contribution >= 4 is 27.5 Å². The van der Waals surface area contributed by atoms with Crippen molar-refractivity contribution in [1.82, 2.24) is 9.88 Å². The summed E-state index contributed by atoms with van der Waals surface area (Å²) < 4.78 is 1.15. The number of carbonyl (C=O) groups excluding carboxylic acids is 1. The number of amides is 1. The minimum absolute atomic E-state index is 0.0406. The van der Waals surface area contributed by atoms with Gasteiger partial charge in [-0.25, -0.2) is 4.98 Å². The molecule has 2 N–H and O–H groups in total. The maximum Gasteiger partial charge on any atom is 0.227 e. The third-order valence-corrected chi connectivity index (χ3v) is 4.98. The van der Waals surface area contributed by atoms with Gasteiger partial charge in [0.1, 0.15) is 5.01 Å². The Labute approximate surface area is 123 Å². The molecule has 2 rings (SSSR count). The van der Waals surface area contributed by atoms with E-state index in [9.17, 15) is 4.79 Å². The Kier molecular flexibility index (Phi) is 4.40. The zero-order valence-corrected chi connectivity index (χ0v) is 13.1. The highest BCUT2D eigenvalue weighted by molar-refractivity contribution is 7.18. The van der Waals surface area contributed by atoms with Gasteiger partial charge in [0.2, 0.25) is 5.91 Å².